The highest BCUT2D eigenvalue weighted by molar-refractivity contribution is 7.99. The molecule has 0 aliphatic heterocycles. The summed E-state index contributed by atoms with van der Waals surface area (Å²) in [6.07, 6.45) is 0.874. The van der Waals surface area contributed by atoms with Gasteiger partial charge in [-0.3, -0.25) is 5.10 Å². The molecule has 4 heteroatoms. The zero-order valence-corrected chi connectivity index (χ0v) is 14.6. The molecule has 0 aliphatic rings. The second-order valence-corrected chi connectivity index (χ2v) is 7.36. The second kappa shape index (κ2) is 7.07. The fourth-order valence-corrected chi connectivity index (χ4v) is 4.53. The summed E-state index contributed by atoms with van der Waals surface area (Å²) < 4.78 is 0. The van der Waals surface area contributed by atoms with Crippen molar-refractivity contribution in [1.29, 1.82) is 0 Å². The van der Waals surface area contributed by atoms with Crippen LogP contribution in [0.25, 0.3) is 11.3 Å². The molecule has 2 aromatic carbocycles. The smallest absolute Gasteiger partial charge is 0.0943 e. The molecule has 118 valence electrons. The fourth-order valence-electron chi connectivity index (χ4n) is 2.57. The van der Waals surface area contributed by atoms with Crippen LogP contribution >= 0.6 is 23.1 Å². The van der Waals surface area contributed by atoms with E-state index in [4.69, 9.17) is 0 Å². The van der Waals surface area contributed by atoms with Gasteiger partial charge in [-0.2, -0.15) is 16.4 Å². The monoisotopic (exact) mass is 348 g/mol. The van der Waals surface area contributed by atoms with E-state index in [1.165, 1.54) is 20.9 Å². The van der Waals surface area contributed by atoms with Crippen molar-refractivity contribution in [3.63, 3.8) is 0 Å². The van der Waals surface area contributed by atoms with Crippen LogP contribution in [-0.4, -0.2) is 10.2 Å². The molecular formula is C20H16N2S2. The Balaban J connectivity index is 1.56. The van der Waals surface area contributed by atoms with E-state index < -0.39 is 0 Å². The molecule has 2 aromatic heterocycles. The highest BCUT2D eigenvalue weighted by atomic mass is 32.2. The van der Waals surface area contributed by atoms with Gasteiger partial charge in [-0.15, -0.1) is 0 Å². The number of aromatic nitrogens is 2. The van der Waals surface area contributed by atoms with E-state index in [9.17, 15) is 0 Å². The van der Waals surface area contributed by atoms with Gasteiger partial charge in [0.15, 0.2) is 0 Å². The van der Waals surface area contributed by atoms with Crippen LogP contribution in [0.5, 0.6) is 0 Å². The van der Waals surface area contributed by atoms with E-state index >= 15 is 0 Å². The summed E-state index contributed by atoms with van der Waals surface area (Å²) in [6, 6.07) is 23.1. The topological polar surface area (TPSA) is 28.7 Å². The molecule has 1 N–H and O–H groups in total. The van der Waals surface area contributed by atoms with Crippen LogP contribution in [0.1, 0.15) is 11.3 Å². The largest absolute Gasteiger partial charge is 0.282 e. The number of thiophene rings is 1. The molecule has 0 fully saturated rings. The quantitative estimate of drug-likeness (QED) is 0.488. The molecule has 0 radical (unpaired) electrons. The Bertz CT molecular complexity index is 911. The lowest BCUT2D eigenvalue weighted by atomic mass is 10.1. The Morgan fingerprint density at radius 3 is 2.46 bits per heavy atom. The zero-order valence-electron chi connectivity index (χ0n) is 13.0. The van der Waals surface area contributed by atoms with Crippen LogP contribution < -0.4 is 0 Å². The predicted molar refractivity (Wildman–Crippen MR) is 102 cm³/mol. The standard InChI is InChI=1S/C20H16N2S2/c1-3-7-15(8-4-1)11-16-12-19(22-21-16)18-13-23-14-20(18)24-17-9-5-2-6-10-17/h1-10,12-14H,11H2,(H,21,22). The lowest BCUT2D eigenvalue weighted by molar-refractivity contribution is 0.998. The van der Waals surface area contributed by atoms with Crippen LogP contribution in [0.4, 0.5) is 0 Å². The highest BCUT2D eigenvalue weighted by Gasteiger charge is 2.11. The summed E-state index contributed by atoms with van der Waals surface area (Å²) in [5.74, 6) is 0. The van der Waals surface area contributed by atoms with E-state index in [2.05, 4.69) is 75.6 Å². The number of nitrogens with one attached hydrogen (secondary N) is 1. The lowest BCUT2D eigenvalue weighted by Gasteiger charge is -2.01. The zero-order chi connectivity index (χ0) is 16.2. The lowest BCUT2D eigenvalue weighted by Crippen LogP contribution is -1.87. The Hall–Kier alpha value is -2.30. The van der Waals surface area contributed by atoms with Crippen LogP contribution in [-0.2, 0) is 6.42 Å². The van der Waals surface area contributed by atoms with Gasteiger partial charge in [-0.05, 0) is 23.8 Å². The Morgan fingerprint density at radius 2 is 1.67 bits per heavy atom. The second-order valence-electron chi connectivity index (χ2n) is 5.51. The number of benzene rings is 2. The van der Waals surface area contributed by atoms with E-state index in [-0.39, 0.29) is 0 Å². The molecule has 0 bridgehead atoms. The van der Waals surface area contributed by atoms with Crippen molar-refractivity contribution < 1.29 is 0 Å². The molecule has 0 saturated heterocycles. The molecule has 24 heavy (non-hydrogen) atoms. The summed E-state index contributed by atoms with van der Waals surface area (Å²) >= 11 is 3.50. The molecule has 2 nitrogen and oxygen atoms in total. The number of nitrogens with zero attached hydrogens (tertiary/aromatic N) is 1. The van der Waals surface area contributed by atoms with Crippen LogP contribution in [0.2, 0.25) is 0 Å². The minimum atomic E-state index is 0.874. The summed E-state index contributed by atoms with van der Waals surface area (Å²) in [7, 11) is 0. The van der Waals surface area contributed by atoms with Crippen molar-refractivity contribution in [2.75, 3.05) is 0 Å². The summed E-state index contributed by atoms with van der Waals surface area (Å²) in [5, 5.41) is 12.1. The summed E-state index contributed by atoms with van der Waals surface area (Å²) in [5.41, 5.74) is 4.64. The van der Waals surface area contributed by atoms with Crippen molar-refractivity contribution in [2.24, 2.45) is 0 Å². The van der Waals surface area contributed by atoms with E-state index in [1.54, 1.807) is 23.1 Å². The first-order valence-corrected chi connectivity index (χ1v) is 9.52. The number of rotatable bonds is 5. The Morgan fingerprint density at radius 1 is 0.917 bits per heavy atom. The molecule has 0 saturated carbocycles. The normalized spacial score (nSPS) is 10.8. The van der Waals surface area contributed by atoms with Crippen molar-refractivity contribution in [2.45, 2.75) is 16.2 Å². The Labute approximate surface area is 149 Å². The van der Waals surface area contributed by atoms with Crippen molar-refractivity contribution >= 4 is 23.1 Å². The average molecular weight is 348 g/mol. The van der Waals surface area contributed by atoms with Crippen molar-refractivity contribution in [1.82, 2.24) is 10.2 Å². The minimum absolute atomic E-state index is 0.874. The first-order valence-electron chi connectivity index (χ1n) is 7.76. The van der Waals surface area contributed by atoms with Gasteiger partial charge < -0.3 is 0 Å². The third-order valence-corrected chi connectivity index (χ3v) is 5.70. The summed E-state index contributed by atoms with van der Waals surface area (Å²) in [6.45, 7) is 0. The van der Waals surface area contributed by atoms with Gasteiger partial charge in [-0.1, -0.05) is 60.3 Å². The van der Waals surface area contributed by atoms with Crippen molar-refractivity contribution in [3.05, 3.63) is 88.7 Å². The maximum Gasteiger partial charge on any atom is 0.0943 e. The van der Waals surface area contributed by atoms with Crippen molar-refractivity contribution in [3.8, 4) is 11.3 Å². The molecule has 4 rings (SSSR count). The molecular weight excluding hydrogens is 332 g/mol. The number of hydrogen-bond acceptors (Lipinski definition) is 3. The molecule has 4 aromatic rings. The third kappa shape index (κ3) is 3.45. The SMILES string of the molecule is c1ccc(Cc2cc(-c3cscc3Sc3ccccc3)n[nH]2)cc1. The van der Waals surface area contributed by atoms with Crippen LogP contribution in [0.15, 0.2) is 87.3 Å². The van der Waals surface area contributed by atoms with E-state index in [1.807, 2.05) is 12.1 Å². The maximum atomic E-state index is 4.53. The van der Waals surface area contributed by atoms with Gasteiger partial charge >= 0.3 is 0 Å². The van der Waals surface area contributed by atoms with Gasteiger partial charge in [-0.25, -0.2) is 0 Å². The number of hydrogen-bond donors (Lipinski definition) is 1. The predicted octanol–water partition coefficient (Wildman–Crippen LogP) is 5.88. The molecule has 0 atom stereocenters. The van der Waals surface area contributed by atoms with Crippen LogP contribution in [0.3, 0.4) is 0 Å². The number of aromatic amines is 1. The van der Waals surface area contributed by atoms with E-state index in [0.717, 1.165) is 17.8 Å². The summed E-state index contributed by atoms with van der Waals surface area (Å²) in [4.78, 5) is 2.50. The first kappa shape index (κ1) is 15.2. The van der Waals surface area contributed by atoms with Gasteiger partial charge in [0.25, 0.3) is 0 Å². The Kier molecular flexibility index (Phi) is 4.49. The van der Waals surface area contributed by atoms with Gasteiger partial charge in [0, 0.05) is 38.2 Å². The van der Waals surface area contributed by atoms with Gasteiger partial charge in [0.2, 0.25) is 0 Å². The molecule has 0 aliphatic carbocycles. The van der Waals surface area contributed by atoms with Crippen LogP contribution in [0, 0.1) is 0 Å². The fraction of sp³-hybridized carbons (Fsp3) is 0.0500. The van der Waals surface area contributed by atoms with E-state index in [0.29, 0.717) is 0 Å². The molecule has 0 amide bonds. The highest BCUT2D eigenvalue weighted by Crippen LogP contribution is 2.38. The third-order valence-electron chi connectivity index (χ3n) is 3.74. The number of H-pyrrole nitrogens is 1. The average Bonchev–Trinajstić information content (AvgIpc) is 3.26. The molecule has 2 heterocycles. The molecule has 0 unspecified atom stereocenters. The minimum Gasteiger partial charge on any atom is -0.282 e. The first-order chi connectivity index (χ1) is 11.9. The molecule has 0 spiro atoms. The van der Waals surface area contributed by atoms with Gasteiger partial charge in [0.05, 0.1) is 5.69 Å². The maximum absolute atomic E-state index is 4.53. The van der Waals surface area contributed by atoms with Gasteiger partial charge in [0.1, 0.15) is 0 Å².